The summed E-state index contributed by atoms with van der Waals surface area (Å²) >= 11 is 0. The minimum atomic E-state index is -3.04. The average molecular weight is 846 g/mol. The van der Waals surface area contributed by atoms with Crippen LogP contribution in [0.2, 0.25) is 0 Å². The molecular weight excluding hydrogens is 767 g/mol. The first kappa shape index (κ1) is 45.1. The number of esters is 1. The average Bonchev–Trinajstić information content (AvgIpc) is 3.53. The van der Waals surface area contributed by atoms with E-state index in [1.54, 1.807) is 6.92 Å². The summed E-state index contributed by atoms with van der Waals surface area (Å²) in [6.07, 6.45) is 11.1. The molecular formula is C47H79N3O8S. The number of alkyl carbamates (subject to hydrolysis) is 1. The zero-order valence-corrected chi connectivity index (χ0v) is 39.0. The van der Waals surface area contributed by atoms with Crippen LogP contribution in [0.1, 0.15) is 140 Å². The van der Waals surface area contributed by atoms with Crippen molar-refractivity contribution in [3.63, 3.8) is 0 Å². The molecule has 1 amide bonds. The fraction of sp³-hybridized carbons (Fsp3) is 0.936. The predicted molar refractivity (Wildman–Crippen MR) is 229 cm³/mol. The van der Waals surface area contributed by atoms with Crippen LogP contribution in [-0.2, 0) is 28.9 Å². The molecule has 7 rings (SSSR count). The van der Waals surface area contributed by atoms with Gasteiger partial charge in [0.05, 0.1) is 29.9 Å². The number of carbonyl (C=O) groups is 3. The van der Waals surface area contributed by atoms with Crippen LogP contribution in [0.5, 0.6) is 0 Å². The van der Waals surface area contributed by atoms with Crippen molar-refractivity contribution < 1.29 is 37.4 Å². The fourth-order valence-electron chi connectivity index (χ4n) is 16.0. The zero-order chi connectivity index (χ0) is 43.1. The number of carboxylic acid groups (broad SMARTS) is 1. The number of carboxylic acids is 1. The van der Waals surface area contributed by atoms with E-state index in [-0.39, 0.29) is 62.7 Å². The molecule has 3 N–H and O–H groups in total. The van der Waals surface area contributed by atoms with Gasteiger partial charge in [-0.05, 0) is 135 Å². The Bertz CT molecular complexity index is 1720. The maximum absolute atomic E-state index is 13.7. The Morgan fingerprint density at radius 3 is 2.12 bits per heavy atom. The van der Waals surface area contributed by atoms with E-state index in [1.165, 1.54) is 32.1 Å². The molecule has 59 heavy (non-hydrogen) atoms. The molecule has 1 unspecified atom stereocenters. The van der Waals surface area contributed by atoms with Crippen molar-refractivity contribution in [1.82, 2.24) is 15.5 Å². The van der Waals surface area contributed by atoms with Crippen LogP contribution in [0.4, 0.5) is 4.79 Å². The largest absolute Gasteiger partial charge is 0.481 e. The number of amides is 1. The number of carbonyl (C=O) groups excluding carboxylic acids is 2. The van der Waals surface area contributed by atoms with E-state index in [2.05, 4.69) is 64.0 Å². The van der Waals surface area contributed by atoms with E-state index in [0.29, 0.717) is 74.7 Å². The van der Waals surface area contributed by atoms with Gasteiger partial charge in [0.2, 0.25) is 0 Å². The quantitative estimate of drug-likeness (QED) is 0.178. The first-order chi connectivity index (χ1) is 27.5. The van der Waals surface area contributed by atoms with Crippen LogP contribution in [0, 0.1) is 74.4 Å². The number of hydrogen-bond acceptors (Lipinski definition) is 9. The molecule has 13 atom stereocenters. The lowest BCUT2D eigenvalue weighted by atomic mass is 9.32. The zero-order valence-electron chi connectivity index (χ0n) is 38.2. The van der Waals surface area contributed by atoms with Gasteiger partial charge in [-0.25, -0.2) is 13.2 Å². The summed E-state index contributed by atoms with van der Waals surface area (Å²) in [6, 6.07) is -0.0283. The Hall–Kier alpha value is -1.92. The summed E-state index contributed by atoms with van der Waals surface area (Å²) in [7, 11) is -3.04. The lowest BCUT2D eigenvalue weighted by molar-refractivity contribution is -0.249. The summed E-state index contributed by atoms with van der Waals surface area (Å²) in [5.74, 6) is 1.79. The Balaban J connectivity index is 1.10. The standard InChI is InChI=1S/C47H79N3O8S/c1-11-57-41(54)48-27-30(50-22-24-59(55,56)25-23-50)28-49-47-19-14-31(29(2)3)38(47)32-12-13-36-44(8)17-16-37(58-40(53)34-26-33(39(51)52)42(34,4)5)43(6,7)35(44)15-18-46(36,10)45(32,9)20-21-47/h29-38,49H,11-28H2,1-10H3,(H,48,54)(H,51,52)/t30?,31-,32+,33-,34+,35-,36+,37-,38+,44-,45+,46+,47-/m0/s1. The molecule has 0 bridgehead atoms. The summed E-state index contributed by atoms with van der Waals surface area (Å²) in [4.78, 5) is 40.2. The maximum atomic E-state index is 13.7. The fourth-order valence-corrected chi connectivity index (χ4v) is 17.2. The number of hydrogen-bond donors (Lipinski definition) is 3. The lowest BCUT2D eigenvalue weighted by Gasteiger charge is -2.73. The number of nitrogens with one attached hydrogen (secondary N) is 2. The molecule has 12 heteroatoms. The van der Waals surface area contributed by atoms with Gasteiger partial charge >= 0.3 is 18.0 Å². The lowest BCUT2D eigenvalue weighted by Crippen LogP contribution is -2.69. The van der Waals surface area contributed by atoms with Crippen molar-refractivity contribution in [3.05, 3.63) is 0 Å². The summed E-state index contributed by atoms with van der Waals surface area (Å²) < 4.78 is 36.5. The molecule has 7 fully saturated rings. The monoisotopic (exact) mass is 846 g/mol. The second-order valence-corrected chi connectivity index (χ2v) is 25.2. The molecule has 0 spiro atoms. The number of aliphatic carboxylic acids is 1. The molecule has 1 saturated heterocycles. The number of sulfone groups is 1. The molecule has 0 radical (unpaired) electrons. The highest BCUT2D eigenvalue weighted by molar-refractivity contribution is 7.91. The summed E-state index contributed by atoms with van der Waals surface area (Å²) in [5.41, 5.74) is -0.258. The third-order valence-electron chi connectivity index (χ3n) is 19.7. The first-order valence-corrected chi connectivity index (χ1v) is 25.3. The van der Waals surface area contributed by atoms with Gasteiger partial charge in [0.1, 0.15) is 6.10 Å². The van der Waals surface area contributed by atoms with Crippen LogP contribution in [0.3, 0.4) is 0 Å². The Labute approximate surface area is 355 Å². The van der Waals surface area contributed by atoms with Crippen molar-refractivity contribution in [2.75, 3.05) is 44.3 Å². The van der Waals surface area contributed by atoms with E-state index >= 15 is 0 Å². The van der Waals surface area contributed by atoms with E-state index in [0.717, 1.165) is 32.1 Å². The molecule has 1 heterocycles. The Morgan fingerprint density at radius 1 is 0.797 bits per heavy atom. The third kappa shape index (κ3) is 7.38. The molecule has 6 saturated carbocycles. The smallest absolute Gasteiger partial charge is 0.407 e. The van der Waals surface area contributed by atoms with E-state index < -0.39 is 33.2 Å². The predicted octanol–water partition coefficient (Wildman–Crippen LogP) is 7.57. The van der Waals surface area contributed by atoms with Crippen molar-refractivity contribution in [2.45, 2.75) is 158 Å². The minimum Gasteiger partial charge on any atom is -0.481 e. The number of nitrogens with zero attached hydrogens (tertiary/aromatic N) is 1. The van der Waals surface area contributed by atoms with Crippen LogP contribution < -0.4 is 10.6 Å². The van der Waals surface area contributed by atoms with E-state index in [1.807, 2.05) is 13.8 Å². The molecule has 7 aliphatic rings. The summed E-state index contributed by atoms with van der Waals surface area (Å²) in [6.45, 7) is 25.5. The second-order valence-electron chi connectivity index (χ2n) is 22.9. The first-order valence-electron chi connectivity index (χ1n) is 23.5. The van der Waals surface area contributed by atoms with Crippen molar-refractivity contribution >= 4 is 27.9 Å². The molecule has 336 valence electrons. The SMILES string of the molecule is CCOC(=O)NCC(CN[C@]12CC[C@@H](C(C)C)[C@@H]1[C@H]1CC[C@@H]3[C@@]4(C)CC[C@H](OC(=O)[C@H]5C[C@@H](C(=O)O)C5(C)C)C(C)(C)[C@@H]4CC[C@@]3(C)[C@]1(C)CC2)N1CCS(=O)(=O)CC1. The number of ether oxygens (including phenoxy) is 2. The van der Waals surface area contributed by atoms with Crippen LogP contribution in [0.15, 0.2) is 0 Å². The van der Waals surface area contributed by atoms with Crippen LogP contribution in [-0.4, -0.2) is 98.4 Å². The molecule has 0 aromatic carbocycles. The van der Waals surface area contributed by atoms with Crippen LogP contribution in [0.25, 0.3) is 0 Å². The second kappa shape index (κ2) is 15.7. The molecule has 11 nitrogen and oxygen atoms in total. The molecule has 6 aliphatic carbocycles. The molecule has 1 aliphatic heterocycles. The topological polar surface area (TPSA) is 151 Å². The highest BCUT2D eigenvalue weighted by atomic mass is 32.2. The van der Waals surface area contributed by atoms with Crippen molar-refractivity contribution in [3.8, 4) is 0 Å². The molecule has 0 aromatic rings. The van der Waals surface area contributed by atoms with Gasteiger partial charge in [-0.3, -0.25) is 14.5 Å². The van der Waals surface area contributed by atoms with Crippen molar-refractivity contribution in [1.29, 1.82) is 0 Å². The third-order valence-corrected chi connectivity index (χ3v) is 21.3. The molecule has 0 aromatic heterocycles. The minimum absolute atomic E-state index is 0.0108. The maximum Gasteiger partial charge on any atom is 0.407 e. The Kier molecular flexibility index (Phi) is 12.0. The van der Waals surface area contributed by atoms with Crippen molar-refractivity contribution in [2.24, 2.45) is 74.4 Å². The number of fused-ring (bicyclic) bond motifs is 7. The Morgan fingerprint density at radius 2 is 1.49 bits per heavy atom. The van der Waals surface area contributed by atoms with E-state index in [9.17, 15) is 27.9 Å². The van der Waals surface area contributed by atoms with Gasteiger partial charge < -0.3 is 25.2 Å². The summed E-state index contributed by atoms with van der Waals surface area (Å²) in [5, 5.41) is 16.9. The van der Waals surface area contributed by atoms with Gasteiger partial charge in [-0.1, -0.05) is 62.3 Å². The van der Waals surface area contributed by atoms with Gasteiger partial charge in [0, 0.05) is 43.2 Å². The normalized spacial score (nSPS) is 43.8. The highest BCUT2D eigenvalue weighted by Crippen LogP contribution is 2.76. The van der Waals surface area contributed by atoms with Gasteiger partial charge in [-0.15, -0.1) is 0 Å². The number of rotatable bonds is 11. The van der Waals surface area contributed by atoms with Gasteiger partial charge in [0.15, 0.2) is 9.84 Å². The van der Waals surface area contributed by atoms with Gasteiger partial charge in [-0.2, -0.15) is 0 Å². The van der Waals surface area contributed by atoms with Gasteiger partial charge in [0.25, 0.3) is 0 Å². The highest BCUT2D eigenvalue weighted by Gasteiger charge is 2.71. The van der Waals surface area contributed by atoms with Crippen LogP contribution >= 0.6 is 0 Å². The van der Waals surface area contributed by atoms with E-state index in [4.69, 9.17) is 9.47 Å².